The number of rotatable bonds is 2. The van der Waals surface area contributed by atoms with Gasteiger partial charge < -0.3 is 10.3 Å². The fourth-order valence-electron chi connectivity index (χ4n) is 1.49. The van der Waals surface area contributed by atoms with Crippen molar-refractivity contribution in [2.45, 2.75) is 26.8 Å². The van der Waals surface area contributed by atoms with Crippen molar-refractivity contribution < 1.29 is 8.91 Å². The van der Waals surface area contributed by atoms with Crippen LogP contribution in [-0.4, -0.2) is 10.1 Å². The number of nitrogens with zero attached hydrogens (tertiary/aromatic N) is 2. The molecule has 4 nitrogen and oxygen atoms in total. The molecule has 19 heavy (non-hydrogen) atoms. The molecule has 2 N–H and O–H groups in total. The lowest BCUT2D eigenvalue weighted by Crippen LogP contribution is -2.27. The van der Waals surface area contributed by atoms with Crippen molar-refractivity contribution in [3.63, 3.8) is 0 Å². The monoisotopic (exact) mass is 327 g/mol. The van der Waals surface area contributed by atoms with Crippen molar-refractivity contribution in [1.29, 1.82) is 0 Å². The van der Waals surface area contributed by atoms with E-state index in [1.54, 1.807) is 12.1 Å². The van der Waals surface area contributed by atoms with Crippen LogP contribution in [-0.2, 0) is 0 Å². The van der Waals surface area contributed by atoms with Crippen LogP contribution < -0.4 is 5.73 Å². The highest BCUT2D eigenvalue weighted by Crippen LogP contribution is 2.30. The molecule has 2 aromatic rings. The molecule has 0 radical (unpaired) electrons. The molecule has 0 amide bonds. The van der Waals surface area contributed by atoms with Crippen LogP contribution in [0, 0.1) is 11.2 Å². The van der Waals surface area contributed by atoms with Crippen LogP contribution in [0.1, 0.15) is 32.6 Å². The Morgan fingerprint density at radius 3 is 2.63 bits per heavy atom. The first kappa shape index (κ1) is 14.1. The zero-order chi connectivity index (χ0) is 14.2. The molecule has 1 unspecified atom stereocenters. The summed E-state index contributed by atoms with van der Waals surface area (Å²) in [5.41, 5.74) is 6.55. The summed E-state index contributed by atoms with van der Waals surface area (Å²) in [5, 5.41) is 3.89. The summed E-state index contributed by atoms with van der Waals surface area (Å²) in [5.74, 6) is 0.438. The van der Waals surface area contributed by atoms with Crippen LogP contribution in [0.25, 0.3) is 11.5 Å². The quantitative estimate of drug-likeness (QED) is 0.913. The third kappa shape index (κ3) is 3.01. The molecule has 1 aromatic heterocycles. The summed E-state index contributed by atoms with van der Waals surface area (Å²) in [4.78, 5) is 4.27. The molecule has 0 aliphatic rings. The molecule has 0 saturated heterocycles. The van der Waals surface area contributed by atoms with E-state index in [0.29, 0.717) is 21.8 Å². The van der Waals surface area contributed by atoms with Crippen LogP contribution in [0.4, 0.5) is 4.39 Å². The Morgan fingerprint density at radius 1 is 1.37 bits per heavy atom. The Hall–Kier alpha value is -1.27. The Morgan fingerprint density at radius 2 is 2.05 bits per heavy atom. The van der Waals surface area contributed by atoms with Crippen LogP contribution >= 0.6 is 15.9 Å². The maximum atomic E-state index is 13.2. The molecule has 2 rings (SSSR count). The van der Waals surface area contributed by atoms with Crippen LogP contribution in [0.15, 0.2) is 27.2 Å². The first-order valence-electron chi connectivity index (χ1n) is 5.83. The highest BCUT2D eigenvalue weighted by atomic mass is 79.9. The van der Waals surface area contributed by atoms with Gasteiger partial charge in [-0.15, -0.1) is 0 Å². The van der Waals surface area contributed by atoms with Crippen LogP contribution in [0.2, 0.25) is 0 Å². The molecule has 1 heterocycles. The van der Waals surface area contributed by atoms with Crippen molar-refractivity contribution in [1.82, 2.24) is 10.1 Å². The van der Waals surface area contributed by atoms with Gasteiger partial charge in [-0.25, -0.2) is 4.39 Å². The number of benzene rings is 1. The SMILES string of the molecule is CC(C)(C)C(N)c1noc(-c2ccc(F)c(Br)c2)n1. The number of halogens is 2. The second-order valence-electron chi connectivity index (χ2n) is 5.43. The van der Waals surface area contributed by atoms with E-state index in [9.17, 15) is 4.39 Å². The fraction of sp³-hybridized carbons (Fsp3) is 0.385. The smallest absolute Gasteiger partial charge is 0.258 e. The van der Waals surface area contributed by atoms with Gasteiger partial charge in [0.05, 0.1) is 10.5 Å². The van der Waals surface area contributed by atoms with Crippen LogP contribution in [0.5, 0.6) is 0 Å². The molecular weight excluding hydrogens is 313 g/mol. The van der Waals surface area contributed by atoms with E-state index < -0.39 is 0 Å². The average Bonchev–Trinajstić information content (AvgIpc) is 2.79. The second-order valence-corrected chi connectivity index (χ2v) is 6.28. The third-order valence-corrected chi connectivity index (χ3v) is 3.43. The first-order chi connectivity index (χ1) is 8.79. The van der Waals surface area contributed by atoms with E-state index in [1.807, 2.05) is 20.8 Å². The molecule has 0 aliphatic carbocycles. The second kappa shape index (κ2) is 5.02. The fourth-order valence-corrected chi connectivity index (χ4v) is 1.87. The maximum absolute atomic E-state index is 13.2. The van der Waals surface area contributed by atoms with Crippen LogP contribution in [0.3, 0.4) is 0 Å². The highest BCUT2D eigenvalue weighted by Gasteiger charge is 2.27. The van der Waals surface area contributed by atoms with Gasteiger partial charge in [-0.1, -0.05) is 25.9 Å². The summed E-state index contributed by atoms with van der Waals surface area (Å²) in [6.45, 7) is 6.01. The van der Waals surface area contributed by atoms with Crippen molar-refractivity contribution in [3.05, 3.63) is 34.3 Å². The lowest BCUT2D eigenvalue weighted by atomic mass is 9.87. The average molecular weight is 328 g/mol. The number of aromatic nitrogens is 2. The van der Waals surface area contributed by atoms with Gasteiger partial charge in [0, 0.05) is 5.56 Å². The first-order valence-corrected chi connectivity index (χ1v) is 6.63. The lowest BCUT2D eigenvalue weighted by molar-refractivity contribution is 0.303. The van der Waals surface area contributed by atoms with Crippen molar-refractivity contribution in [2.75, 3.05) is 0 Å². The Kier molecular flexibility index (Phi) is 3.73. The normalized spacial score (nSPS) is 13.6. The molecule has 1 aromatic carbocycles. The van der Waals surface area contributed by atoms with Crippen molar-refractivity contribution in [2.24, 2.45) is 11.1 Å². The largest absolute Gasteiger partial charge is 0.334 e. The predicted octanol–water partition coefficient (Wildman–Crippen LogP) is 3.68. The number of nitrogens with two attached hydrogens (primary N) is 1. The highest BCUT2D eigenvalue weighted by molar-refractivity contribution is 9.10. The minimum Gasteiger partial charge on any atom is -0.334 e. The Bertz CT molecular complexity index is 592. The van der Waals surface area contributed by atoms with Gasteiger partial charge in [-0.2, -0.15) is 4.98 Å². The van der Waals surface area contributed by atoms with Gasteiger partial charge in [-0.3, -0.25) is 0 Å². The molecule has 6 heteroatoms. The van der Waals surface area contributed by atoms with E-state index in [-0.39, 0.29) is 17.3 Å². The van der Waals surface area contributed by atoms with Gasteiger partial charge in [0.15, 0.2) is 5.82 Å². The number of hydrogen-bond acceptors (Lipinski definition) is 4. The van der Waals surface area contributed by atoms with Gasteiger partial charge >= 0.3 is 0 Å². The molecule has 0 spiro atoms. The third-order valence-electron chi connectivity index (χ3n) is 2.82. The van der Waals surface area contributed by atoms with E-state index in [4.69, 9.17) is 10.3 Å². The minimum absolute atomic E-state index is 0.162. The standard InChI is InChI=1S/C13H15BrFN3O/c1-13(2,3)10(16)11-17-12(19-18-11)7-4-5-9(15)8(14)6-7/h4-6,10H,16H2,1-3H3. The molecule has 0 bridgehead atoms. The molecule has 102 valence electrons. The van der Waals surface area contributed by atoms with E-state index >= 15 is 0 Å². The van der Waals surface area contributed by atoms with E-state index in [2.05, 4.69) is 26.1 Å². The summed E-state index contributed by atoms with van der Waals surface area (Å²) < 4.78 is 18.7. The van der Waals surface area contributed by atoms with Crippen molar-refractivity contribution >= 4 is 15.9 Å². The summed E-state index contributed by atoms with van der Waals surface area (Å²) in [6, 6.07) is 4.19. The van der Waals surface area contributed by atoms with E-state index in [1.165, 1.54) is 6.07 Å². The summed E-state index contributed by atoms with van der Waals surface area (Å²) >= 11 is 3.12. The minimum atomic E-state index is -0.338. The molecule has 0 saturated carbocycles. The molecule has 1 atom stereocenters. The zero-order valence-corrected chi connectivity index (χ0v) is 12.5. The van der Waals surface area contributed by atoms with Gasteiger partial charge in [0.1, 0.15) is 5.82 Å². The summed E-state index contributed by atoms with van der Waals surface area (Å²) in [6.07, 6.45) is 0. The topological polar surface area (TPSA) is 64.9 Å². The van der Waals surface area contributed by atoms with Gasteiger partial charge in [-0.05, 0) is 39.5 Å². The van der Waals surface area contributed by atoms with E-state index in [0.717, 1.165) is 0 Å². The lowest BCUT2D eigenvalue weighted by Gasteiger charge is -2.23. The van der Waals surface area contributed by atoms with Gasteiger partial charge in [0.25, 0.3) is 5.89 Å². The predicted molar refractivity (Wildman–Crippen MR) is 73.8 cm³/mol. The van der Waals surface area contributed by atoms with Gasteiger partial charge in [0.2, 0.25) is 0 Å². The Labute approximate surface area is 119 Å². The molecule has 0 fully saturated rings. The molecular formula is C13H15BrFN3O. The zero-order valence-electron chi connectivity index (χ0n) is 10.9. The molecule has 0 aliphatic heterocycles. The summed E-state index contributed by atoms with van der Waals surface area (Å²) in [7, 11) is 0. The van der Waals surface area contributed by atoms with Crippen molar-refractivity contribution in [3.8, 4) is 11.5 Å². The Balaban J connectivity index is 2.33. The number of hydrogen-bond donors (Lipinski definition) is 1. The maximum Gasteiger partial charge on any atom is 0.258 e.